The van der Waals surface area contributed by atoms with Gasteiger partial charge < -0.3 is 5.32 Å². The lowest BCUT2D eigenvalue weighted by Gasteiger charge is -2.14. The Bertz CT molecular complexity index is 553. The number of aromatic nitrogens is 2. The van der Waals surface area contributed by atoms with Crippen LogP contribution in [0.5, 0.6) is 0 Å². The number of hydrogen-bond donors (Lipinski definition) is 1. The van der Waals surface area contributed by atoms with Crippen molar-refractivity contribution in [3.05, 3.63) is 42.7 Å². The molecule has 0 radical (unpaired) electrons. The molecule has 0 bridgehead atoms. The van der Waals surface area contributed by atoms with Crippen LogP contribution in [0.1, 0.15) is 0 Å². The highest BCUT2D eigenvalue weighted by Crippen LogP contribution is 2.21. The van der Waals surface area contributed by atoms with E-state index in [9.17, 15) is 4.79 Å². The highest BCUT2D eigenvalue weighted by molar-refractivity contribution is 5.94. The Morgan fingerprint density at radius 1 is 1.11 bits per heavy atom. The van der Waals surface area contributed by atoms with E-state index in [0.717, 1.165) is 11.3 Å². The van der Waals surface area contributed by atoms with Crippen molar-refractivity contribution in [2.45, 2.75) is 0 Å². The predicted molar refractivity (Wildman–Crippen MR) is 68.2 cm³/mol. The second-order valence-corrected chi connectivity index (χ2v) is 4.00. The van der Waals surface area contributed by atoms with Crippen LogP contribution in [0.2, 0.25) is 0 Å². The second kappa shape index (κ2) is 4.44. The lowest BCUT2D eigenvalue weighted by molar-refractivity contribution is 0.252. The molecule has 1 saturated heterocycles. The van der Waals surface area contributed by atoms with Gasteiger partial charge in [0.05, 0.1) is 0 Å². The standard InChI is InChI=1S/C13H12N4O/c18-13-16-8-9-17(13)11-4-2-10(3-5-11)12-14-6-1-7-15-12/h1-7H,8-9H2,(H,16,18). The molecule has 1 fully saturated rings. The molecule has 0 unspecified atom stereocenters. The summed E-state index contributed by atoms with van der Waals surface area (Å²) in [5.74, 6) is 0.690. The summed E-state index contributed by atoms with van der Waals surface area (Å²) in [6.07, 6.45) is 3.42. The van der Waals surface area contributed by atoms with Crippen LogP contribution in [0.4, 0.5) is 10.5 Å². The van der Waals surface area contributed by atoms with Gasteiger partial charge >= 0.3 is 6.03 Å². The van der Waals surface area contributed by atoms with Crippen LogP contribution in [-0.4, -0.2) is 29.1 Å². The van der Waals surface area contributed by atoms with Crippen LogP contribution >= 0.6 is 0 Å². The molecule has 1 aliphatic heterocycles. The number of carbonyl (C=O) groups excluding carboxylic acids is 1. The number of amides is 2. The van der Waals surface area contributed by atoms with Crippen molar-refractivity contribution in [2.75, 3.05) is 18.0 Å². The minimum absolute atomic E-state index is 0.0429. The molecule has 2 aromatic rings. The molecular formula is C13H12N4O. The molecule has 1 aromatic heterocycles. The molecule has 1 N–H and O–H groups in total. The molecule has 2 amide bonds. The molecular weight excluding hydrogens is 228 g/mol. The summed E-state index contributed by atoms with van der Waals surface area (Å²) in [5, 5.41) is 2.78. The Labute approximate surface area is 104 Å². The zero-order chi connectivity index (χ0) is 12.4. The van der Waals surface area contributed by atoms with Crippen LogP contribution in [0.25, 0.3) is 11.4 Å². The molecule has 0 saturated carbocycles. The molecule has 0 aliphatic carbocycles. The molecule has 1 aliphatic rings. The predicted octanol–water partition coefficient (Wildman–Crippen LogP) is 1.67. The van der Waals surface area contributed by atoms with E-state index in [1.807, 2.05) is 24.3 Å². The number of nitrogens with one attached hydrogen (secondary N) is 1. The van der Waals surface area contributed by atoms with E-state index in [4.69, 9.17) is 0 Å². The Hall–Kier alpha value is -2.43. The molecule has 18 heavy (non-hydrogen) atoms. The van der Waals surface area contributed by atoms with Gasteiger partial charge in [-0.1, -0.05) is 0 Å². The normalized spacial score (nSPS) is 14.7. The van der Waals surface area contributed by atoms with Gasteiger partial charge in [0.2, 0.25) is 0 Å². The topological polar surface area (TPSA) is 58.1 Å². The van der Waals surface area contributed by atoms with Gasteiger partial charge in [-0.2, -0.15) is 0 Å². The Morgan fingerprint density at radius 2 is 1.83 bits per heavy atom. The van der Waals surface area contributed by atoms with Gasteiger partial charge in [0, 0.05) is 36.7 Å². The smallest absolute Gasteiger partial charge is 0.321 e. The van der Waals surface area contributed by atoms with Crippen molar-refractivity contribution in [1.82, 2.24) is 15.3 Å². The first-order valence-corrected chi connectivity index (χ1v) is 5.77. The van der Waals surface area contributed by atoms with Crippen molar-refractivity contribution < 1.29 is 4.79 Å². The zero-order valence-corrected chi connectivity index (χ0v) is 9.71. The van der Waals surface area contributed by atoms with Crippen LogP contribution < -0.4 is 10.2 Å². The van der Waals surface area contributed by atoms with E-state index in [-0.39, 0.29) is 6.03 Å². The van der Waals surface area contributed by atoms with Gasteiger partial charge in [0.15, 0.2) is 5.82 Å². The van der Waals surface area contributed by atoms with Crippen molar-refractivity contribution in [3.63, 3.8) is 0 Å². The van der Waals surface area contributed by atoms with E-state index < -0.39 is 0 Å². The molecule has 0 atom stereocenters. The van der Waals surface area contributed by atoms with Crippen LogP contribution in [0, 0.1) is 0 Å². The molecule has 0 spiro atoms. The first-order valence-electron chi connectivity index (χ1n) is 5.77. The van der Waals surface area contributed by atoms with Gasteiger partial charge in [-0.25, -0.2) is 14.8 Å². The fraction of sp³-hybridized carbons (Fsp3) is 0.154. The third-order valence-corrected chi connectivity index (χ3v) is 2.86. The van der Waals surface area contributed by atoms with E-state index in [0.29, 0.717) is 18.9 Å². The minimum Gasteiger partial charge on any atom is -0.336 e. The van der Waals surface area contributed by atoms with Crippen molar-refractivity contribution in [1.29, 1.82) is 0 Å². The number of benzene rings is 1. The summed E-state index contributed by atoms with van der Waals surface area (Å²) in [7, 11) is 0. The fourth-order valence-corrected chi connectivity index (χ4v) is 1.96. The van der Waals surface area contributed by atoms with E-state index in [1.54, 1.807) is 23.4 Å². The van der Waals surface area contributed by atoms with E-state index in [2.05, 4.69) is 15.3 Å². The highest BCUT2D eigenvalue weighted by atomic mass is 16.2. The van der Waals surface area contributed by atoms with Gasteiger partial charge in [-0.3, -0.25) is 4.90 Å². The maximum atomic E-state index is 11.5. The van der Waals surface area contributed by atoms with Gasteiger partial charge in [0.25, 0.3) is 0 Å². The third kappa shape index (κ3) is 1.90. The lowest BCUT2D eigenvalue weighted by atomic mass is 10.2. The molecule has 2 heterocycles. The number of hydrogen-bond acceptors (Lipinski definition) is 3. The van der Waals surface area contributed by atoms with Crippen LogP contribution in [0.15, 0.2) is 42.7 Å². The summed E-state index contributed by atoms with van der Waals surface area (Å²) in [6, 6.07) is 9.42. The summed E-state index contributed by atoms with van der Waals surface area (Å²) in [4.78, 5) is 21.6. The summed E-state index contributed by atoms with van der Waals surface area (Å²) in [6.45, 7) is 1.41. The molecule has 5 heteroatoms. The number of nitrogens with zero attached hydrogens (tertiary/aromatic N) is 3. The van der Waals surface area contributed by atoms with Gasteiger partial charge in [0.1, 0.15) is 0 Å². The molecule has 1 aromatic carbocycles. The minimum atomic E-state index is -0.0429. The SMILES string of the molecule is O=C1NCCN1c1ccc(-c2ncccn2)cc1. The van der Waals surface area contributed by atoms with Crippen LogP contribution in [-0.2, 0) is 0 Å². The van der Waals surface area contributed by atoms with E-state index in [1.165, 1.54) is 0 Å². The number of rotatable bonds is 2. The van der Waals surface area contributed by atoms with Gasteiger partial charge in [-0.15, -0.1) is 0 Å². The fourth-order valence-electron chi connectivity index (χ4n) is 1.96. The third-order valence-electron chi connectivity index (χ3n) is 2.86. The van der Waals surface area contributed by atoms with Crippen molar-refractivity contribution >= 4 is 11.7 Å². The lowest BCUT2D eigenvalue weighted by Crippen LogP contribution is -2.27. The average Bonchev–Trinajstić information content (AvgIpc) is 2.86. The molecule has 90 valence electrons. The van der Waals surface area contributed by atoms with Gasteiger partial charge in [-0.05, 0) is 30.3 Å². The van der Waals surface area contributed by atoms with Crippen molar-refractivity contribution in [2.24, 2.45) is 0 Å². The maximum absolute atomic E-state index is 11.5. The first kappa shape index (κ1) is 10.7. The summed E-state index contributed by atoms with van der Waals surface area (Å²) >= 11 is 0. The molecule has 3 rings (SSSR count). The number of urea groups is 1. The average molecular weight is 240 g/mol. The van der Waals surface area contributed by atoms with Crippen LogP contribution in [0.3, 0.4) is 0 Å². The van der Waals surface area contributed by atoms with Crippen molar-refractivity contribution in [3.8, 4) is 11.4 Å². The number of carbonyl (C=O) groups is 1. The first-order chi connectivity index (χ1) is 8.84. The largest absolute Gasteiger partial charge is 0.336 e. The Balaban J connectivity index is 1.87. The second-order valence-electron chi connectivity index (χ2n) is 4.00. The Morgan fingerprint density at radius 3 is 2.44 bits per heavy atom. The maximum Gasteiger partial charge on any atom is 0.321 e. The summed E-state index contributed by atoms with van der Waals surface area (Å²) < 4.78 is 0. The Kier molecular flexibility index (Phi) is 2.64. The quantitative estimate of drug-likeness (QED) is 0.868. The van der Waals surface area contributed by atoms with E-state index >= 15 is 0 Å². The summed E-state index contributed by atoms with van der Waals surface area (Å²) in [5.41, 5.74) is 1.84. The monoisotopic (exact) mass is 240 g/mol. The highest BCUT2D eigenvalue weighted by Gasteiger charge is 2.20. The zero-order valence-electron chi connectivity index (χ0n) is 9.71. The molecule has 5 nitrogen and oxygen atoms in total. The number of anilines is 1.